The van der Waals surface area contributed by atoms with Gasteiger partial charge in [-0.1, -0.05) is 23.8 Å². The molecule has 1 aromatic carbocycles. The summed E-state index contributed by atoms with van der Waals surface area (Å²) in [7, 11) is 1.40. The number of hydrogen-bond acceptors (Lipinski definition) is 3. The second-order valence-electron chi connectivity index (χ2n) is 4.52. The molecule has 0 aliphatic carbocycles. The Morgan fingerprint density at radius 3 is 2.72 bits per heavy atom. The van der Waals surface area contributed by atoms with Crippen LogP contribution in [0.1, 0.15) is 41.7 Å². The Morgan fingerprint density at radius 1 is 1.39 bits per heavy atom. The van der Waals surface area contributed by atoms with Gasteiger partial charge in [0.2, 0.25) is 0 Å². The number of rotatable bonds is 2. The number of allylic oxidation sites excluding steroid dienone is 1. The van der Waals surface area contributed by atoms with E-state index in [0.29, 0.717) is 11.6 Å². The fourth-order valence-electron chi connectivity index (χ4n) is 2.31. The quantitative estimate of drug-likeness (QED) is 0.643. The van der Waals surface area contributed by atoms with Crippen molar-refractivity contribution in [2.45, 2.75) is 25.8 Å². The number of esters is 1. The standard InChI is InChI=1S/C15H19NO2/c1-3-11-8-9-16-14(10-11)12-4-6-13(7-5-12)15(17)18-2/h3-7,14,16H,8-10H2,1-2H3. The second-order valence-corrected chi connectivity index (χ2v) is 4.52. The zero-order chi connectivity index (χ0) is 13.0. The van der Waals surface area contributed by atoms with Gasteiger partial charge >= 0.3 is 5.97 Å². The van der Waals surface area contributed by atoms with Gasteiger partial charge in [-0.2, -0.15) is 0 Å². The van der Waals surface area contributed by atoms with Crippen LogP contribution < -0.4 is 5.32 Å². The Kier molecular flexibility index (Phi) is 4.15. The summed E-state index contributed by atoms with van der Waals surface area (Å²) >= 11 is 0. The minimum absolute atomic E-state index is 0.285. The lowest BCUT2D eigenvalue weighted by molar-refractivity contribution is 0.0600. The lowest BCUT2D eigenvalue weighted by atomic mass is 9.93. The number of ether oxygens (including phenoxy) is 1. The van der Waals surface area contributed by atoms with Crippen LogP contribution in [0.2, 0.25) is 0 Å². The lowest BCUT2D eigenvalue weighted by Crippen LogP contribution is -2.28. The van der Waals surface area contributed by atoms with Gasteiger partial charge in [-0.25, -0.2) is 4.79 Å². The van der Waals surface area contributed by atoms with E-state index in [4.69, 9.17) is 4.74 Å². The van der Waals surface area contributed by atoms with E-state index in [1.807, 2.05) is 24.3 Å². The van der Waals surface area contributed by atoms with Gasteiger partial charge in [-0.05, 0) is 44.0 Å². The Hall–Kier alpha value is -1.61. The fourth-order valence-corrected chi connectivity index (χ4v) is 2.31. The molecule has 1 unspecified atom stereocenters. The summed E-state index contributed by atoms with van der Waals surface area (Å²) in [4.78, 5) is 11.4. The van der Waals surface area contributed by atoms with Crippen molar-refractivity contribution in [3.8, 4) is 0 Å². The molecule has 0 aromatic heterocycles. The number of carbonyl (C=O) groups excluding carboxylic acids is 1. The van der Waals surface area contributed by atoms with E-state index >= 15 is 0 Å². The van der Waals surface area contributed by atoms with Crippen molar-refractivity contribution >= 4 is 5.97 Å². The van der Waals surface area contributed by atoms with Gasteiger partial charge in [0.05, 0.1) is 12.7 Å². The third kappa shape index (κ3) is 2.79. The highest BCUT2D eigenvalue weighted by molar-refractivity contribution is 5.89. The first kappa shape index (κ1) is 12.8. The third-order valence-corrected chi connectivity index (χ3v) is 3.45. The van der Waals surface area contributed by atoms with E-state index < -0.39 is 0 Å². The second kappa shape index (κ2) is 5.83. The van der Waals surface area contributed by atoms with Crippen LogP contribution in [0.15, 0.2) is 35.9 Å². The van der Waals surface area contributed by atoms with Crippen LogP contribution in [0.4, 0.5) is 0 Å². The maximum atomic E-state index is 11.4. The summed E-state index contributed by atoms with van der Waals surface area (Å²) in [5.41, 5.74) is 3.32. The van der Waals surface area contributed by atoms with Gasteiger partial charge in [0.1, 0.15) is 0 Å². The first-order valence-corrected chi connectivity index (χ1v) is 6.30. The van der Waals surface area contributed by atoms with Crippen molar-refractivity contribution in [2.24, 2.45) is 0 Å². The zero-order valence-corrected chi connectivity index (χ0v) is 10.9. The number of benzene rings is 1. The first-order chi connectivity index (χ1) is 8.74. The van der Waals surface area contributed by atoms with Crippen molar-refractivity contribution in [1.82, 2.24) is 5.32 Å². The Balaban J connectivity index is 2.12. The molecule has 18 heavy (non-hydrogen) atoms. The van der Waals surface area contributed by atoms with Crippen LogP contribution in [0, 0.1) is 0 Å². The smallest absolute Gasteiger partial charge is 0.337 e. The highest BCUT2D eigenvalue weighted by Crippen LogP contribution is 2.26. The normalized spacial score (nSPS) is 21.9. The molecular weight excluding hydrogens is 226 g/mol. The van der Waals surface area contributed by atoms with Crippen molar-refractivity contribution in [2.75, 3.05) is 13.7 Å². The molecular formula is C15H19NO2. The molecule has 1 aliphatic rings. The minimum atomic E-state index is -0.285. The van der Waals surface area contributed by atoms with Crippen LogP contribution in [0.5, 0.6) is 0 Å². The summed E-state index contributed by atoms with van der Waals surface area (Å²) in [6.45, 7) is 3.11. The van der Waals surface area contributed by atoms with Crippen molar-refractivity contribution in [3.63, 3.8) is 0 Å². The molecule has 0 spiro atoms. The van der Waals surface area contributed by atoms with E-state index in [1.165, 1.54) is 18.2 Å². The van der Waals surface area contributed by atoms with Crippen LogP contribution in [-0.2, 0) is 4.74 Å². The lowest BCUT2D eigenvalue weighted by Gasteiger charge is -2.26. The van der Waals surface area contributed by atoms with Gasteiger partial charge in [-0.3, -0.25) is 0 Å². The molecule has 3 nitrogen and oxygen atoms in total. The molecule has 1 N–H and O–H groups in total. The van der Waals surface area contributed by atoms with Gasteiger partial charge < -0.3 is 10.1 Å². The minimum Gasteiger partial charge on any atom is -0.465 e. The van der Waals surface area contributed by atoms with Gasteiger partial charge in [0.25, 0.3) is 0 Å². The van der Waals surface area contributed by atoms with Crippen molar-refractivity contribution < 1.29 is 9.53 Å². The monoisotopic (exact) mass is 245 g/mol. The van der Waals surface area contributed by atoms with Crippen LogP contribution in [0.25, 0.3) is 0 Å². The maximum Gasteiger partial charge on any atom is 0.337 e. The topological polar surface area (TPSA) is 38.3 Å². The molecule has 1 heterocycles. The van der Waals surface area contributed by atoms with Crippen LogP contribution in [0.3, 0.4) is 0 Å². The average Bonchev–Trinajstić information content (AvgIpc) is 2.46. The molecule has 1 aliphatic heterocycles. The van der Waals surface area contributed by atoms with E-state index in [2.05, 4.69) is 18.3 Å². The SMILES string of the molecule is CC=C1CCNC(c2ccc(C(=O)OC)cc2)C1. The molecule has 0 amide bonds. The van der Waals surface area contributed by atoms with E-state index in [0.717, 1.165) is 19.4 Å². The summed E-state index contributed by atoms with van der Waals surface area (Å²) < 4.78 is 4.69. The number of piperidine rings is 1. The molecule has 1 fully saturated rings. The Morgan fingerprint density at radius 2 is 2.11 bits per heavy atom. The fraction of sp³-hybridized carbons (Fsp3) is 0.400. The molecule has 3 heteroatoms. The van der Waals surface area contributed by atoms with Crippen molar-refractivity contribution in [1.29, 1.82) is 0 Å². The van der Waals surface area contributed by atoms with Crippen LogP contribution in [-0.4, -0.2) is 19.6 Å². The highest BCUT2D eigenvalue weighted by atomic mass is 16.5. The Bertz CT molecular complexity index is 448. The predicted molar refractivity (Wildman–Crippen MR) is 71.5 cm³/mol. The largest absolute Gasteiger partial charge is 0.465 e. The summed E-state index contributed by atoms with van der Waals surface area (Å²) in [5.74, 6) is -0.285. The maximum absolute atomic E-state index is 11.4. The number of carbonyl (C=O) groups is 1. The molecule has 0 bridgehead atoms. The Labute approximate surface area is 108 Å². The summed E-state index contributed by atoms with van der Waals surface area (Å²) in [6.07, 6.45) is 4.39. The molecule has 1 atom stereocenters. The molecule has 2 rings (SSSR count). The average molecular weight is 245 g/mol. The summed E-state index contributed by atoms with van der Waals surface area (Å²) in [5, 5.41) is 3.51. The number of methoxy groups -OCH3 is 1. The number of hydrogen-bond donors (Lipinski definition) is 1. The number of nitrogens with one attached hydrogen (secondary N) is 1. The van der Waals surface area contributed by atoms with Crippen LogP contribution >= 0.6 is 0 Å². The van der Waals surface area contributed by atoms with Gasteiger partial charge in [0, 0.05) is 6.04 Å². The molecule has 96 valence electrons. The third-order valence-electron chi connectivity index (χ3n) is 3.45. The van der Waals surface area contributed by atoms with Gasteiger partial charge in [-0.15, -0.1) is 0 Å². The highest BCUT2D eigenvalue weighted by Gasteiger charge is 2.17. The summed E-state index contributed by atoms with van der Waals surface area (Å²) in [6, 6.07) is 8.02. The van der Waals surface area contributed by atoms with Gasteiger partial charge in [0.15, 0.2) is 0 Å². The predicted octanol–water partition coefficient (Wildman–Crippen LogP) is 2.84. The molecule has 1 aromatic rings. The molecule has 1 saturated heterocycles. The van der Waals surface area contributed by atoms with E-state index in [9.17, 15) is 4.79 Å². The first-order valence-electron chi connectivity index (χ1n) is 6.30. The molecule has 0 radical (unpaired) electrons. The van der Waals surface area contributed by atoms with Crippen molar-refractivity contribution in [3.05, 3.63) is 47.0 Å². The zero-order valence-electron chi connectivity index (χ0n) is 10.9. The molecule has 0 saturated carbocycles. The van der Waals surface area contributed by atoms with E-state index in [-0.39, 0.29) is 5.97 Å². The van der Waals surface area contributed by atoms with E-state index in [1.54, 1.807) is 0 Å².